The topological polar surface area (TPSA) is 105 Å². The number of phenolic OH excluding ortho intramolecular Hbond substituents is 1. The van der Waals surface area contributed by atoms with E-state index >= 15 is 0 Å². The van der Waals surface area contributed by atoms with Gasteiger partial charge in [-0.3, -0.25) is 9.59 Å². The third kappa shape index (κ3) is 5.37. The number of hydrogen-bond acceptors (Lipinski definition) is 5. The number of halogens is 1. The van der Waals surface area contributed by atoms with Gasteiger partial charge in [0, 0.05) is 11.0 Å². The summed E-state index contributed by atoms with van der Waals surface area (Å²) in [7, 11) is 2.87. The van der Waals surface area contributed by atoms with E-state index in [9.17, 15) is 19.8 Å². The number of amides is 1. The minimum atomic E-state index is -1.03. The monoisotopic (exact) mass is 437 g/mol. The average Bonchev–Trinajstić information content (AvgIpc) is 2.65. The normalized spacial score (nSPS) is 11.5. The second kappa shape index (κ2) is 9.27. The van der Waals surface area contributed by atoms with E-state index in [1.807, 2.05) is 0 Å². The second-order valence-electron chi connectivity index (χ2n) is 5.80. The highest BCUT2D eigenvalue weighted by Gasteiger charge is 2.23. The molecule has 1 amide bonds. The lowest BCUT2D eigenvalue weighted by molar-refractivity contribution is -0.141. The van der Waals surface area contributed by atoms with Crippen molar-refractivity contribution in [2.24, 2.45) is 5.92 Å². The van der Waals surface area contributed by atoms with Gasteiger partial charge in [-0.15, -0.1) is 0 Å². The molecule has 0 fully saturated rings. The fraction of sp³-hybridized carbons (Fsp3) is 0.263. The van der Waals surface area contributed by atoms with Crippen LogP contribution in [0.3, 0.4) is 0 Å². The predicted molar refractivity (Wildman–Crippen MR) is 103 cm³/mol. The van der Waals surface area contributed by atoms with Crippen LogP contribution in [0, 0.1) is 5.92 Å². The van der Waals surface area contributed by atoms with Crippen LogP contribution in [-0.2, 0) is 11.2 Å². The molecule has 2 aromatic rings. The number of rotatable bonds is 8. The zero-order valence-electron chi connectivity index (χ0n) is 14.9. The number of ether oxygens (including phenoxy) is 2. The third-order valence-electron chi connectivity index (χ3n) is 3.97. The fourth-order valence-electron chi connectivity index (χ4n) is 2.57. The van der Waals surface area contributed by atoms with Crippen molar-refractivity contribution in [2.75, 3.05) is 20.8 Å². The van der Waals surface area contributed by atoms with E-state index in [1.54, 1.807) is 24.3 Å². The Morgan fingerprint density at radius 2 is 1.67 bits per heavy atom. The van der Waals surface area contributed by atoms with Crippen molar-refractivity contribution >= 4 is 27.8 Å². The molecule has 3 N–H and O–H groups in total. The molecule has 0 bridgehead atoms. The number of phenols is 1. The van der Waals surface area contributed by atoms with E-state index in [0.29, 0.717) is 16.0 Å². The lowest BCUT2D eigenvalue weighted by atomic mass is 9.99. The Labute approximate surface area is 165 Å². The fourth-order valence-corrected chi connectivity index (χ4v) is 2.99. The molecule has 0 aliphatic rings. The SMILES string of the molecule is COc1cc(Br)cc(OC)c1C(=O)NCC(Cc1ccc(O)cc1)C(=O)O. The summed E-state index contributed by atoms with van der Waals surface area (Å²) in [6.45, 7) is -0.0720. The van der Waals surface area contributed by atoms with Gasteiger partial charge in [-0.05, 0) is 36.2 Å². The van der Waals surface area contributed by atoms with Gasteiger partial charge in [0.1, 0.15) is 22.8 Å². The molecule has 0 saturated heterocycles. The summed E-state index contributed by atoms with van der Waals surface area (Å²) >= 11 is 3.31. The first-order valence-corrected chi connectivity index (χ1v) is 8.85. The van der Waals surface area contributed by atoms with Gasteiger partial charge < -0.3 is 25.0 Å². The molecular formula is C19H20BrNO6. The summed E-state index contributed by atoms with van der Waals surface area (Å²) in [5.74, 6) is -1.63. The van der Waals surface area contributed by atoms with E-state index in [1.165, 1.54) is 26.4 Å². The van der Waals surface area contributed by atoms with Gasteiger partial charge in [-0.1, -0.05) is 28.1 Å². The molecule has 0 aliphatic heterocycles. The third-order valence-corrected chi connectivity index (χ3v) is 4.43. The second-order valence-corrected chi connectivity index (χ2v) is 6.72. The molecule has 2 aromatic carbocycles. The van der Waals surface area contributed by atoms with Gasteiger partial charge in [0.25, 0.3) is 5.91 Å². The van der Waals surface area contributed by atoms with Crippen LogP contribution in [-0.4, -0.2) is 42.9 Å². The first-order chi connectivity index (χ1) is 12.8. The summed E-state index contributed by atoms with van der Waals surface area (Å²) in [5, 5.41) is 21.4. The standard InChI is InChI=1S/C19H20BrNO6/c1-26-15-8-13(20)9-16(27-2)17(15)18(23)21-10-12(19(24)25)7-11-3-5-14(22)6-4-11/h3-6,8-9,12,22H,7,10H2,1-2H3,(H,21,23)(H,24,25). The first-order valence-electron chi connectivity index (χ1n) is 8.06. The van der Waals surface area contributed by atoms with Gasteiger partial charge >= 0.3 is 5.97 Å². The van der Waals surface area contributed by atoms with E-state index in [-0.39, 0.29) is 24.3 Å². The largest absolute Gasteiger partial charge is 0.508 e. The van der Waals surface area contributed by atoms with E-state index in [4.69, 9.17) is 9.47 Å². The molecule has 27 heavy (non-hydrogen) atoms. The Morgan fingerprint density at radius 3 is 2.15 bits per heavy atom. The number of aliphatic carboxylic acids is 1. The van der Waals surface area contributed by atoms with Crippen LogP contribution >= 0.6 is 15.9 Å². The van der Waals surface area contributed by atoms with Gasteiger partial charge in [0.2, 0.25) is 0 Å². The number of methoxy groups -OCH3 is 2. The number of nitrogens with one attached hydrogen (secondary N) is 1. The Hall–Kier alpha value is -2.74. The first kappa shape index (κ1) is 20.6. The number of hydrogen-bond donors (Lipinski definition) is 3. The van der Waals surface area contributed by atoms with Crippen molar-refractivity contribution in [3.05, 3.63) is 52.0 Å². The van der Waals surface area contributed by atoms with Crippen LogP contribution < -0.4 is 14.8 Å². The van der Waals surface area contributed by atoms with E-state index in [0.717, 1.165) is 5.56 Å². The summed E-state index contributed by atoms with van der Waals surface area (Å²) in [4.78, 5) is 24.2. The number of aromatic hydroxyl groups is 1. The molecule has 144 valence electrons. The van der Waals surface area contributed by atoms with Gasteiger partial charge in [0.15, 0.2) is 0 Å². The molecule has 0 radical (unpaired) electrons. The molecule has 1 unspecified atom stereocenters. The van der Waals surface area contributed by atoms with Gasteiger partial charge in [0.05, 0.1) is 20.1 Å². The maximum Gasteiger partial charge on any atom is 0.308 e. The van der Waals surface area contributed by atoms with Crippen LogP contribution in [0.4, 0.5) is 0 Å². The van der Waals surface area contributed by atoms with Crippen molar-refractivity contribution in [2.45, 2.75) is 6.42 Å². The number of carboxylic acid groups (broad SMARTS) is 1. The van der Waals surface area contributed by atoms with Crippen molar-refractivity contribution in [1.29, 1.82) is 0 Å². The Morgan fingerprint density at radius 1 is 1.11 bits per heavy atom. The van der Waals surface area contributed by atoms with Crippen LogP contribution in [0.1, 0.15) is 15.9 Å². The lowest BCUT2D eigenvalue weighted by Crippen LogP contribution is -2.34. The highest BCUT2D eigenvalue weighted by atomic mass is 79.9. The Bertz CT molecular complexity index is 796. The van der Waals surface area contributed by atoms with Crippen LogP contribution in [0.25, 0.3) is 0 Å². The highest BCUT2D eigenvalue weighted by molar-refractivity contribution is 9.10. The summed E-state index contributed by atoms with van der Waals surface area (Å²) < 4.78 is 11.2. The van der Waals surface area contributed by atoms with Crippen LogP contribution in [0.5, 0.6) is 17.2 Å². The smallest absolute Gasteiger partial charge is 0.308 e. The van der Waals surface area contributed by atoms with Crippen molar-refractivity contribution in [1.82, 2.24) is 5.32 Å². The van der Waals surface area contributed by atoms with Crippen LogP contribution in [0.2, 0.25) is 0 Å². The average molecular weight is 438 g/mol. The number of carbonyl (C=O) groups is 2. The van der Waals surface area contributed by atoms with Crippen LogP contribution in [0.15, 0.2) is 40.9 Å². The Kier molecular flexibility index (Phi) is 7.06. The quantitative estimate of drug-likeness (QED) is 0.586. The number of carboxylic acids is 1. The van der Waals surface area contributed by atoms with Gasteiger partial charge in [-0.2, -0.15) is 0 Å². The van der Waals surface area contributed by atoms with Gasteiger partial charge in [-0.25, -0.2) is 0 Å². The predicted octanol–water partition coefficient (Wildman–Crippen LogP) is 2.85. The zero-order valence-corrected chi connectivity index (χ0v) is 16.4. The molecule has 0 aliphatic carbocycles. The lowest BCUT2D eigenvalue weighted by Gasteiger charge is -2.16. The van der Waals surface area contributed by atoms with E-state index in [2.05, 4.69) is 21.2 Å². The molecule has 7 nitrogen and oxygen atoms in total. The van der Waals surface area contributed by atoms with Crippen molar-refractivity contribution in [3.8, 4) is 17.2 Å². The molecule has 0 heterocycles. The Balaban J connectivity index is 2.14. The minimum Gasteiger partial charge on any atom is -0.508 e. The molecule has 2 rings (SSSR count). The molecule has 8 heteroatoms. The zero-order chi connectivity index (χ0) is 20.0. The highest BCUT2D eigenvalue weighted by Crippen LogP contribution is 2.32. The maximum atomic E-state index is 12.6. The number of benzene rings is 2. The molecule has 0 spiro atoms. The summed E-state index contributed by atoms with van der Waals surface area (Å²) in [5.41, 5.74) is 0.935. The van der Waals surface area contributed by atoms with Crippen molar-refractivity contribution in [3.63, 3.8) is 0 Å². The van der Waals surface area contributed by atoms with Crippen molar-refractivity contribution < 1.29 is 29.3 Å². The van der Waals surface area contributed by atoms with E-state index < -0.39 is 17.8 Å². The molecule has 1 atom stereocenters. The molecule has 0 aromatic heterocycles. The number of carbonyl (C=O) groups excluding carboxylic acids is 1. The maximum absolute atomic E-state index is 12.6. The summed E-state index contributed by atoms with van der Waals surface area (Å²) in [6.07, 6.45) is 0.213. The minimum absolute atomic E-state index is 0.0720. The molecular weight excluding hydrogens is 418 g/mol. The molecule has 0 saturated carbocycles. The summed E-state index contributed by atoms with van der Waals surface area (Å²) in [6, 6.07) is 9.53.